The molecular weight excluding hydrogens is 444 g/mol. The zero-order valence-electron chi connectivity index (χ0n) is 20.7. The summed E-state index contributed by atoms with van der Waals surface area (Å²) < 4.78 is 18.0. The van der Waals surface area contributed by atoms with Crippen LogP contribution < -0.4 is 19.5 Å². The van der Waals surface area contributed by atoms with Crippen molar-refractivity contribution >= 4 is 17.6 Å². The molecule has 2 aromatic carbocycles. The van der Waals surface area contributed by atoms with Crippen LogP contribution in [-0.4, -0.2) is 29.1 Å². The lowest BCUT2D eigenvalue weighted by atomic mass is 9.87. The van der Waals surface area contributed by atoms with E-state index in [1.165, 1.54) is 13.1 Å². The highest BCUT2D eigenvalue weighted by Gasteiger charge is 2.35. The summed E-state index contributed by atoms with van der Waals surface area (Å²) >= 11 is 0. The van der Waals surface area contributed by atoms with Crippen molar-refractivity contribution in [1.82, 2.24) is 4.98 Å². The molecule has 0 saturated heterocycles. The summed E-state index contributed by atoms with van der Waals surface area (Å²) in [6.45, 7) is 9.74. The Labute approximate surface area is 205 Å². The molecule has 2 heterocycles. The lowest BCUT2D eigenvalue weighted by Gasteiger charge is -2.37. The second-order valence-electron chi connectivity index (χ2n) is 9.17. The monoisotopic (exact) mass is 474 g/mol. The van der Waals surface area contributed by atoms with E-state index < -0.39 is 5.60 Å². The van der Waals surface area contributed by atoms with Crippen LogP contribution in [0.1, 0.15) is 52.9 Å². The number of aromatic nitrogens is 1. The molecular formula is C28H30N2O5. The number of anilines is 1. The molecule has 1 atom stereocenters. The maximum Gasteiger partial charge on any atom is 0.308 e. The summed E-state index contributed by atoms with van der Waals surface area (Å²) in [5.41, 5.74) is 4.57. The molecule has 182 valence electrons. The van der Waals surface area contributed by atoms with Gasteiger partial charge < -0.3 is 19.5 Å². The Hall–Kier alpha value is -3.87. The van der Waals surface area contributed by atoms with E-state index in [4.69, 9.17) is 14.2 Å². The molecule has 4 rings (SSSR count). The van der Waals surface area contributed by atoms with Crippen LogP contribution in [0.5, 0.6) is 17.2 Å². The van der Waals surface area contributed by atoms with E-state index in [1.54, 1.807) is 30.5 Å². The largest absolute Gasteiger partial charge is 0.489 e. The average molecular weight is 475 g/mol. The molecule has 7 nitrogen and oxygen atoms in total. The number of ether oxygens (including phenoxy) is 3. The molecule has 1 aliphatic heterocycles. The number of nitrogens with one attached hydrogen (secondary N) is 1. The van der Waals surface area contributed by atoms with Crippen molar-refractivity contribution in [2.75, 3.05) is 11.9 Å². The summed E-state index contributed by atoms with van der Waals surface area (Å²) in [5.74, 6) is 1.63. The van der Waals surface area contributed by atoms with Crippen LogP contribution in [0.15, 0.2) is 48.8 Å². The van der Waals surface area contributed by atoms with E-state index in [-0.39, 0.29) is 11.9 Å². The Morgan fingerprint density at radius 1 is 1.09 bits per heavy atom. The Morgan fingerprint density at radius 3 is 2.49 bits per heavy atom. The standard InChI is InChI=1S/C28H30N2O5/c1-17-18(2)26-24(19(3)25(17)34-20(4)31)12-13-28(5,35-26)16-33-23-10-8-22(9-11-23)30-27(32)21-7-6-14-29-15-21/h6-11,14-15H,12-13,16H2,1-5H3,(H,30,32). The van der Waals surface area contributed by atoms with Gasteiger partial charge in [0.05, 0.1) is 5.56 Å². The van der Waals surface area contributed by atoms with Gasteiger partial charge in [0.2, 0.25) is 0 Å². The van der Waals surface area contributed by atoms with Gasteiger partial charge in [-0.3, -0.25) is 14.6 Å². The second kappa shape index (κ2) is 9.78. The number of pyridine rings is 1. The second-order valence-corrected chi connectivity index (χ2v) is 9.17. The molecule has 1 amide bonds. The van der Waals surface area contributed by atoms with Crippen molar-refractivity contribution in [3.05, 3.63) is 76.6 Å². The first-order chi connectivity index (χ1) is 16.7. The molecule has 35 heavy (non-hydrogen) atoms. The van der Waals surface area contributed by atoms with Gasteiger partial charge in [0.25, 0.3) is 5.91 Å². The van der Waals surface area contributed by atoms with Crippen molar-refractivity contribution < 1.29 is 23.8 Å². The molecule has 0 saturated carbocycles. The smallest absolute Gasteiger partial charge is 0.308 e. The number of nitrogens with zero attached hydrogens (tertiary/aromatic N) is 1. The average Bonchev–Trinajstić information content (AvgIpc) is 2.85. The third-order valence-corrected chi connectivity index (χ3v) is 6.39. The van der Waals surface area contributed by atoms with Gasteiger partial charge in [-0.1, -0.05) is 0 Å². The van der Waals surface area contributed by atoms with Crippen LogP contribution in [0.4, 0.5) is 5.69 Å². The molecule has 1 unspecified atom stereocenters. The first-order valence-electron chi connectivity index (χ1n) is 11.6. The highest BCUT2D eigenvalue weighted by atomic mass is 16.5. The van der Waals surface area contributed by atoms with Gasteiger partial charge >= 0.3 is 5.97 Å². The van der Waals surface area contributed by atoms with Crippen LogP contribution in [0, 0.1) is 20.8 Å². The highest BCUT2D eigenvalue weighted by Crippen LogP contribution is 2.44. The number of rotatable bonds is 6. The zero-order chi connectivity index (χ0) is 25.2. The predicted molar refractivity (Wildman–Crippen MR) is 133 cm³/mol. The summed E-state index contributed by atoms with van der Waals surface area (Å²) in [6, 6.07) is 10.7. The van der Waals surface area contributed by atoms with Crippen LogP contribution >= 0.6 is 0 Å². The van der Waals surface area contributed by atoms with Crippen molar-refractivity contribution in [2.45, 2.75) is 53.1 Å². The third kappa shape index (κ3) is 5.29. The van der Waals surface area contributed by atoms with Crippen LogP contribution in [0.25, 0.3) is 0 Å². The van der Waals surface area contributed by atoms with Gasteiger partial charge in [-0.2, -0.15) is 0 Å². The molecule has 1 aliphatic rings. The molecule has 3 aromatic rings. The molecule has 0 bridgehead atoms. The quantitative estimate of drug-likeness (QED) is 0.383. The molecule has 0 spiro atoms. The van der Waals surface area contributed by atoms with E-state index in [9.17, 15) is 9.59 Å². The Bertz CT molecular complexity index is 1250. The Kier molecular flexibility index (Phi) is 6.78. The Balaban J connectivity index is 1.42. The number of amides is 1. The minimum atomic E-state index is -0.507. The third-order valence-electron chi connectivity index (χ3n) is 6.39. The van der Waals surface area contributed by atoms with E-state index >= 15 is 0 Å². The van der Waals surface area contributed by atoms with Crippen LogP contribution in [0.2, 0.25) is 0 Å². The number of fused-ring (bicyclic) bond motifs is 1. The minimum absolute atomic E-state index is 0.216. The van der Waals surface area contributed by atoms with Gasteiger partial charge in [-0.15, -0.1) is 0 Å². The van der Waals surface area contributed by atoms with Crippen molar-refractivity contribution in [3.63, 3.8) is 0 Å². The van der Waals surface area contributed by atoms with Crippen molar-refractivity contribution in [1.29, 1.82) is 0 Å². The molecule has 1 aromatic heterocycles. The van der Waals surface area contributed by atoms with E-state index in [0.29, 0.717) is 29.4 Å². The predicted octanol–water partition coefficient (Wildman–Crippen LogP) is 5.35. The lowest BCUT2D eigenvalue weighted by molar-refractivity contribution is -0.132. The number of hydrogen-bond donors (Lipinski definition) is 1. The zero-order valence-corrected chi connectivity index (χ0v) is 20.7. The number of hydrogen-bond acceptors (Lipinski definition) is 6. The molecule has 1 N–H and O–H groups in total. The molecule has 0 radical (unpaired) electrons. The topological polar surface area (TPSA) is 86.8 Å². The molecule has 0 aliphatic carbocycles. The highest BCUT2D eigenvalue weighted by molar-refractivity contribution is 6.04. The first kappa shape index (κ1) is 24.3. The van der Waals surface area contributed by atoms with Crippen molar-refractivity contribution in [2.24, 2.45) is 0 Å². The summed E-state index contributed by atoms with van der Waals surface area (Å²) in [7, 11) is 0. The number of carbonyl (C=O) groups is 2. The Morgan fingerprint density at radius 2 is 1.83 bits per heavy atom. The van der Waals surface area contributed by atoms with E-state index in [1.807, 2.05) is 39.8 Å². The van der Waals surface area contributed by atoms with Crippen LogP contribution in [0.3, 0.4) is 0 Å². The fourth-order valence-electron chi connectivity index (χ4n) is 4.25. The number of esters is 1. The fourth-order valence-corrected chi connectivity index (χ4v) is 4.25. The summed E-state index contributed by atoms with van der Waals surface area (Å²) in [6.07, 6.45) is 4.72. The number of benzene rings is 2. The van der Waals surface area contributed by atoms with Crippen molar-refractivity contribution in [3.8, 4) is 17.2 Å². The van der Waals surface area contributed by atoms with E-state index in [2.05, 4.69) is 10.3 Å². The summed E-state index contributed by atoms with van der Waals surface area (Å²) in [4.78, 5) is 27.8. The fraction of sp³-hybridized carbons (Fsp3) is 0.321. The maximum atomic E-state index is 12.3. The normalized spacial score (nSPS) is 16.6. The maximum absolute atomic E-state index is 12.3. The van der Waals surface area contributed by atoms with Crippen LogP contribution in [-0.2, 0) is 11.2 Å². The van der Waals surface area contributed by atoms with Gasteiger partial charge in [0.1, 0.15) is 29.5 Å². The van der Waals surface area contributed by atoms with Gasteiger partial charge in [0.15, 0.2) is 0 Å². The molecule has 0 fully saturated rings. The molecule has 7 heteroatoms. The van der Waals surface area contributed by atoms with Gasteiger partial charge in [-0.25, -0.2) is 0 Å². The summed E-state index contributed by atoms with van der Waals surface area (Å²) in [5, 5.41) is 2.85. The lowest BCUT2D eigenvalue weighted by Crippen LogP contribution is -2.42. The van der Waals surface area contributed by atoms with E-state index in [0.717, 1.165) is 40.8 Å². The first-order valence-corrected chi connectivity index (χ1v) is 11.6. The van der Waals surface area contributed by atoms with Gasteiger partial charge in [-0.05, 0) is 93.6 Å². The van der Waals surface area contributed by atoms with Gasteiger partial charge in [0, 0.05) is 30.6 Å². The number of carbonyl (C=O) groups excluding carboxylic acids is 2. The SMILES string of the molecule is CC(=O)Oc1c(C)c(C)c2c(c1C)CCC(C)(COc1ccc(NC(=O)c3cccnc3)cc1)O2. The minimum Gasteiger partial charge on any atom is -0.489 e.